The van der Waals surface area contributed by atoms with Crippen molar-refractivity contribution in [2.45, 2.75) is 24.3 Å². The average Bonchev–Trinajstić information content (AvgIpc) is 3.83. The molecule has 7 rings (SSSR count). The summed E-state index contributed by atoms with van der Waals surface area (Å²) in [7, 11) is 0. The van der Waals surface area contributed by atoms with Crippen molar-refractivity contribution < 1.29 is 23.7 Å². The Bertz CT molecular complexity index is 1630. The summed E-state index contributed by atoms with van der Waals surface area (Å²) in [5.74, 6) is 1.98. The topological polar surface area (TPSA) is 139 Å². The molecule has 4 heterocycles. The molecule has 3 aromatic carbocycles. The molecule has 2 N–H and O–H groups in total. The second kappa shape index (κ2) is 11.3. The van der Waals surface area contributed by atoms with Crippen molar-refractivity contribution in [3.63, 3.8) is 0 Å². The summed E-state index contributed by atoms with van der Waals surface area (Å²) < 4.78 is 27.3. The van der Waals surface area contributed by atoms with Gasteiger partial charge in [-0.3, -0.25) is 0 Å². The summed E-state index contributed by atoms with van der Waals surface area (Å²) in [6.07, 6.45) is 4.57. The summed E-state index contributed by atoms with van der Waals surface area (Å²) in [6.45, 7) is 0.593. The standard InChI is InChI=1S/C29H26N8O5/c38-28(31-19-6-10-22(11-7-19)41-21-4-2-1-3-5-21)32-24-16-39-27-25(17-40-26(24)27)37-29(33-34-35-37)42-23-12-8-20(9-13-23)36-15-14-30-18-36/h1-15,18,24-27H,16-17H2,(H2,31,32,38). The van der Waals surface area contributed by atoms with E-state index < -0.39 is 0 Å². The van der Waals surface area contributed by atoms with Gasteiger partial charge in [-0.1, -0.05) is 23.3 Å². The molecule has 0 radical (unpaired) electrons. The van der Waals surface area contributed by atoms with E-state index in [0.29, 0.717) is 23.8 Å². The molecule has 2 aromatic heterocycles. The van der Waals surface area contributed by atoms with Gasteiger partial charge in [-0.15, -0.1) is 0 Å². The first-order valence-electron chi connectivity index (χ1n) is 13.4. The number of fused-ring (bicyclic) bond motifs is 1. The zero-order valence-corrected chi connectivity index (χ0v) is 22.2. The number of ether oxygens (including phenoxy) is 4. The SMILES string of the molecule is O=C(Nc1ccc(Oc2ccccc2)cc1)NC1COC2C1OCC2n1nnnc1Oc1ccc(-n2ccnc2)cc1. The number of benzene rings is 3. The largest absolute Gasteiger partial charge is 0.457 e. The van der Waals surface area contributed by atoms with E-state index in [1.807, 2.05) is 65.4 Å². The first kappa shape index (κ1) is 25.7. The molecule has 0 aliphatic carbocycles. The number of hydrogen-bond donors (Lipinski definition) is 2. The number of nitrogens with zero attached hydrogens (tertiary/aromatic N) is 6. The van der Waals surface area contributed by atoms with E-state index in [9.17, 15) is 4.79 Å². The second-order valence-electron chi connectivity index (χ2n) is 9.78. The number of carbonyl (C=O) groups is 1. The molecule has 5 aromatic rings. The van der Waals surface area contributed by atoms with E-state index in [-0.39, 0.29) is 42.9 Å². The molecule has 13 heteroatoms. The van der Waals surface area contributed by atoms with Gasteiger partial charge in [0.25, 0.3) is 0 Å². The van der Waals surface area contributed by atoms with Crippen LogP contribution in [0.25, 0.3) is 5.69 Å². The normalized spacial score (nSPS) is 21.0. The van der Waals surface area contributed by atoms with Crippen LogP contribution >= 0.6 is 0 Å². The van der Waals surface area contributed by atoms with E-state index in [0.717, 1.165) is 11.4 Å². The first-order chi connectivity index (χ1) is 20.7. The fourth-order valence-electron chi connectivity index (χ4n) is 5.04. The van der Waals surface area contributed by atoms with Crippen LogP contribution in [0.4, 0.5) is 10.5 Å². The highest BCUT2D eigenvalue weighted by Crippen LogP contribution is 2.36. The number of aromatic nitrogens is 6. The Kier molecular flexibility index (Phi) is 6.92. The summed E-state index contributed by atoms with van der Waals surface area (Å²) in [6, 6.07) is 23.3. The molecule has 42 heavy (non-hydrogen) atoms. The predicted octanol–water partition coefficient (Wildman–Crippen LogP) is 3.97. The average molecular weight is 567 g/mol. The lowest BCUT2D eigenvalue weighted by molar-refractivity contribution is 0.0613. The Morgan fingerprint density at radius 3 is 2.38 bits per heavy atom. The third-order valence-electron chi connectivity index (χ3n) is 7.06. The molecule has 4 atom stereocenters. The van der Waals surface area contributed by atoms with Gasteiger partial charge in [-0.25, -0.2) is 9.78 Å². The van der Waals surface area contributed by atoms with Crippen molar-refractivity contribution in [3.05, 3.63) is 97.6 Å². The molecule has 2 saturated heterocycles. The quantitative estimate of drug-likeness (QED) is 0.286. The zero-order valence-electron chi connectivity index (χ0n) is 22.2. The maximum atomic E-state index is 12.8. The molecular formula is C29H26N8O5. The lowest BCUT2D eigenvalue weighted by Crippen LogP contribution is -2.45. The Hall–Kier alpha value is -5.27. The number of hydrogen-bond acceptors (Lipinski definition) is 9. The molecule has 212 valence electrons. The Labute approximate surface area is 240 Å². The highest BCUT2D eigenvalue weighted by atomic mass is 16.6. The summed E-state index contributed by atoms with van der Waals surface area (Å²) in [4.78, 5) is 16.8. The van der Waals surface area contributed by atoms with E-state index in [1.165, 1.54) is 0 Å². The number of carbonyl (C=O) groups excluding carboxylic acids is 1. The van der Waals surface area contributed by atoms with E-state index in [1.54, 1.807) is 41.5 Å². The van der Waals surface area contributed by atoms with Gasteiger partial charge in [0.2, 0.25) is 0 Å². The smallest absolute Gasteiger partial charge is 0.341 e. The van der Waals surface area contributed by atoms with Gasteiger partial charge in [0.1, 0.15) is 35.5 Å². The minimum Gasteiger partial charge on any atom is -0.457 e. The van der Waals surface area contributed by atoms with Crippen LogP contribution in [0.3, 0.4) is 0 Å². The number of urea groups is 1. The molecule has 2 amide bonds. The maximum Gasteiger partial charge on any atom is 0.341 e. The molecule has 2 aliphatic rings. The highest BCUT2D eigenvalue weighted by molar-refractivity contribution is 5.89. The fraction of sp³-hybridized carbons (Fsp3) is 0.207. The maximum absolute atomic E-state index is 12.8. The minimum atomic E-state index is -0.367. The van der Waals surface area contributed by atoms with Crippen molar-refractivity contribution in [1.29, 1.82) is 0 Å². The Morgan fingerprint density at radius 1 is 0.857 bits per heavy atom. The fourth-order valence-corrected chi connectivity index (χ4v) is 5.04. The number of rotatable bonds is 8. The molecule has 0 bridgehead atoms. The monoisotopic (exact) mass is 566 g/mol. The number of amides is 2. The Balaban J connectivity index is 0.946. The summed E-state index contributed by atoms with van der Waals surface area (Å²) >= 11 is 0. The van der Waals surface area contributed by atoms with E-state index in [4.69, 9.17) is 18.9 Å². The predicted molar refractivity (Wildman–Crippen MR) is 149 cm³/mol. The number of para-hydroxylation sites is 1. The zero-order chi connectivity index (χ0) is 28.3. The molecule has 13 nitrogen and oxygen atoms in total. The number of tetrazole rings is 1. The van der Waals surface area contributed by atoms with Gasteiger partial charge in [0.05, 0.1) is 25.6 Å². The Morgan fingerprint density at radius 2 is 1.60 bits per heavy atom. The number of nitrogens with one attached hydrogen (secondary N) is 2. The van der Waals surface area contributed by atoms with Crippen molar-refractivity contribution in [2.24, 2.45) is 0 Å². The summed E-state index contributed by atoms with van der Waals surface area (Å²) in [5.41, 5.74) is 1.57. The minimum absolute atomic E-state index is 0.220. The van der Waals surface area contributed by atoms with Crippen LogP contribution in [0.15, 0.2) is 97.6 Å². The van der Waals surface area contributed by atoms with Crippen LogP contribution in [0.1, 0.15) is 6.04 Å². The van der Waals surface area contributed by atoms with Crippen molar-refractivity contribution >= 4 is 11.7 Å². The molecule has 0 spiro atoms. The molecule has 4 unspecified atom stereocenters. The molecular weight excluding hydrogens is 540 g/mol. The first-order valence-corrected chi connectivity index (χ1v) is 13.4. The van der Waals surface area contributed by atoms with Gasteiger partial charge in [-0.2, -0.15) is 4.68 Å². The van der Waals surface area contributed by atoms with Gasteiger partial charge >= 0.3 is 12.0 Å². The van der Waals surface area contributed by atoms with Crippen LogP contribution in [0, 0.1) is 0 Å². The number of imidazole rings is 1. The lowest BCUT2D eigenvalue weighted by atomic mass is 10.1. The van der Waals surface area contributed by atoms with E-state index >= 15 is 0 Å². The second-order valence-corrected chi connectivity index (χ2v) is 9.78. The van der Waals surface area contributed by atoms with Gasteiger partial charge < -0.3 is 34.1 Å². The van der Waals surface area contributed by atoms with Gasteiger partial charge in [0, 0.05) is 23.8 Å². The van der Waals surface area contributed by atoms with Crippen LogP contribution in [-0.2, 0) is 9.47 Å². The van der Waals surface area contributed by atoms with Gasteiger partial charge in [0.15, 0.2) is 0 Å². The van der Waals surface area contributed by atoms with Crippen molar-refractivity contribution in [3.8, 4) is 28.9 Å². The third-order valence-corrected chi connectivity index (χ3v) is 7.06. The van der Waals surface area contributed by atoms with Crippen LogP contribution in [-0.4, -0.2) is 67.3 Å². The highest BCUT2D eigenvalue weighted by Gasteiger charge is 2.50. The van der Waals surface area contributed by atoms with Crippen LogP contribution in [0.2, 0.25) is 0 Å². The van der Waals surface area contributed by atoms with E-state index in [2.05, 4.69) is 31.1 Å². The number of anilines is 1. The van der Waals surface area contributed by atoms with Crippen molar-refractivity contribution in [1.82, 2.24) is 35.1 Å². The molecule has 2 aliphatic heterocycles. The lowest BCUT2D eigenvalue weighted by Gasteiger charge is -2.18. The molecule has 0 saturated carbocycles. The summed E-state index contributed by atoms with van der Waals surface area (Å²) in [5, 5.41) is 17.8. The van der Waals surface area contributed by atoms with Gasteiger partial charge in [-0.05, 0) is 71.1 Å². The van der Waals surface area contributed by atoms with Crippen LogP contribution < -0.4 is 20.1 Å². The molecule has 2 fully saturated rings. The van der Waals surface area contributed by atoms with Crippen LogP contribution in [0.5, 0.6) is 23.3 Å². The van der Waals surface area contributed by atoms with Crippen molar-refractivity contribution in [2.75, 3.05) is 18.5 Å². The third kappa shape index (κ3) is 5.38.